The van der Waals surface area contributed by atoms with Gasteiger partial charge in [0.05, 0.1) is 6.54 Å². The molecule has 0 bridgehead atoms. The Kier molecular flexibility index (Phi) is 3.65. The molecule has 1 fully saturated rings. The number of imidazole rings is 1. The third-order valence-electron chi connectivity index (χ3n) is 4.00. The van der Waals surface area contributed by atoms with Crippen molar-refractivity contribution in [3.63, 3.8) is 0 Å². The molecule has 0 amide bonds. The van der Waals surface area contributed by atoms with Crippen LogP contribution in [0.3, 0.4) is 0 Å². The highest BCUT2D eigenvalue weighted by atomic mass is 15.2. The molecule has 100 valence electrons. The minimum Gasteiger partial charge on any atom is -0.348 e. The lowest BCUT2D eigenvalue weighted by Crippen LogP contribution is -2.31. The number of benzene rings is 1. The van der Waals surface area contributed by atoms with E-state index in [1.165, 1.54) is 30.5 Å². The zero-order valence-corrected chi connectivity index (χ0v) is 11.5. The van der Waals surface area contributed by atoms with Crippen LogP contribution in [-0.4, -0.2) is 27.5 Å². The third kappa shape index (κ3) is 3.04. The molecule has 3 rings (SSSR count). The second kappa shape index (κ2) is 5.57. The van der Waals surface area contributed by atoms with Crippen LogP contribution in [0.25, 0.3) is 0 Å². The minimum atomic E-state index is 0.660. The molecule has 1 aromatic heterocycles. The lowest BCUT2D eigenvalue weighted by Gasteiger charge is -2.23. The van der Waals surface area contributed by atoms with Gasteiger partial charge in [0.15, 0.2) is 0 Å². The number of hydrogen-bond donors (Lipinski definition) is 1. The van der Waals surface area contributed by atoms with Gasteiger partial charge in [0.25, 0.3) is 0 Å². The second-order valence-electron chi connectivity index (χ2n) is 5.49. The van der Waals surface area contributed by atoms with E-state index in [2.05, 4.69) is 46.1 Å². The Morgan fingerprint density at radius 3 is 2.89 bits per heavy atom. The molecule has 3 nitrogen and oxygen atoms in total. The van der Waals surface area contributed by atoms with E-state index in [4.69, 9.17) is 0 Å². The predicted octanol–water partition coefficient (Wildman–Crippen LogP) is 2.93. The Hall–Kier alpha value is -1.61. The van der Waals surface area contributed by atoms with Crippen molar-refractivity contribution in [1.82, 2.24) is 14.9 Å². The first-order valence-corrected chi connectivity index (χ1v) is 7.09. The Labute approximate surface area is 114 Å². The molecule has 2 aromatic rings. The number of H-pyrrole nitrogens is 1. The monoisotopic (exact) mass is 255 g/mol. The van der Waals surface area contributed by atoms with E-state index >= 15 is 0 Å². The summed E-state index contributed by atoms with van der Waals surface area (Å²) in [6.07, 6.45) is 7.49. The number of hydrogen-bond acceptors (Lipinski definition) is 2. The molecule has 0 aliphatic carbocycles. The SMILES string of the molecule is Cc1ccc(C[C@@H]2CCCN2Cc2ncc[nH]2)cc1. The maximum absolute atomic E-state index is 4.34. The Balaban J connectivity index is 1.64. The van der Waals surface area contributed by atoms with Crippen molar-refractivity contribution in [2.24, 2.45) is 0 Å². The van der Waals surface area contributed by atoms with Gasteiger partial charge in [-0.25, -0.2) is 4.98 Å². The maximum Gasteiger partial charge on any atom is 0.120 e. The van der Waals surface area contributed by atoms with E-state index in [0.29, 0.717) is 6.04 Å². The van der Waals surface area contributed by atoms with Crippen LogP contribution < -0.4 is 0 Å². The van der Waals surface area contributed by atoms with Crippen molar-refractivity contribution in [1.29, 1.82) is 0 Å². The summed E-state index contributed by atoms with van der Waals surface area (Å²) in [5, 5.41) is 0. The second-order valence-corrected chi connectivity index (χ2v) is 5.49. The largest absolute Gasteiger partial charge is 0.348 e. The molecular weight excluding hydrogens is 234 g/mol. The van der Waals surface area contributed by atoms with Crippen LogP contribution >= 0.6 is 0 Å². The zero-order valence-electron chi connectivity index (χ0n) is 11.5. The first-order valence-electron chi connectivity index (χ1n) is 7.09. The van der Waals surface area contributed by atoms with Crippen LogP contribution in [0, 0.1) is 6.92 Å². The van der Waals surface area contributed by atoms with Crippen LogP contribution in [-0.2, 0) is 13.0 Å². The number of nitrogens with zero attached hydrogens (tertiary/aromatic N) is 2. The number of aromatic amines is 1. The minimum absolute atomic E-state index is 0.660. The summed E-state index contributed by atoms with van der Waals surface area (Å²) in [7, 11) is 0. The Morgan fingerprint density at radius 2 is 2.16 bits per heavy atom. The number of likely N-dealkylation sites (tertiary alicyclic amines) is 1. The summed E-state index contributed by atoms with van der Waals surface area (Å²) in [5.74, 6) is 1.08. The highest BCUT2D eigenvalue weighted by Gasteiger charge is 2.25. The number of aromatic nitrogens is 2. The Morgan fingerprint density at radius 1 is 1.32 bits per heavy atom. The van der Waals surface area contributed by atoms with Crippen LogP contribution in [0.1, 0.15) is 29.8 Å². The quantitative estimate of drug-likeness (QED) is 0.911. The summed E-state index contributed by atoms with van der Waals surface area (Å²) in [6.45, 7) is 4.28. The van der Waals surface area contributed by atoms with E-state index in [-0.39, 0.29) is 0 Å². The van der Waals surface area contributed by atoms with Gasteiger partial charge in [-0.15, -0.1) is 0 Å². The lowest BCUT2D eigenvalue weighted by molar-refractivity contribution is 0.238. The summed E-state index contributed by atoms with van der Waals surface area (Å²) >= 11 is 0. The van der Waals surface area contributed by atoms with Crippen molar-refractivity contribution < 1.29 is 0 Å². The van der Waals surface area contributed by atoms with Gasteiger partial charge in [-0.1, -0.05) is 29.8 Å². The molecule has 1 saturated heterocycles. The third-order valence-corrected chi connectivity index (χ3v) is 4.00. The summed E-state index contributed by atoms with van der Waals surface area (Å²) in [4.78, 5) is 10.1. The molecule has 19 heavy (non-hydrogen) atoms. The van der Waals surface area contributed by atoms with Crippen LogP contribution in [0.5, 0.6) is 0 Å². The molecule has 1 aliphatic rings. The maximum atomic E-state index is 4.34. The van der Waals surface area contributed by atoms with Gasteiger partial charge in [-0.05, 0) is 38.3 Å². The highest BCUT2D eigenvalue weighted by Crippen LogP contribution is 2.22. The van der Waals surface area contributed by atoms with Crippen LogP contribution in [0.2, 0.25) is 0 Å². The molecule has 2 heterocycles. The molecule has 1 aromatic carbocycles. The molecule has 0 saturated carbocycles. The first-order chi connectivity index (χ1) is 9.31. The van der Waals surface area contributed by atoms with E-state index in [1.807, 2.05) is 12.4 Å². The lowest BCUT2D eigenvalue weighted by atomic mass is 10.0. The highest BCUT2D eigenvalue weighted by molar-refractivity contribution is 5.22. The van der Waals surface area contributed by atoms with Crippen molar-refractivity contribution >= 4 is 0 Å². The van der Waals surface area contributed by atoms with Crippen molar-refractivity contribution in [3.8, 4) is 0 Å². The molecule has 3 heteroatoms. The molecule has 0 unspecified atom stereocenters. The fraction of sp³-hybridized carbons (Fsp3) is 0.438. The molecule has 1 aliphatic heterocycles. The van der Waals surface area contributed by atoms with Gasteiger partial charge in [-0.3, -0.25) is 4.90 Å². The van der Waals surface area contributed by atoms with Gasteiger partial charge in [0, 0.05) is 18.4 Å². The first kappa shape index (κ1) is 12.4. The van der Waals surface area contributed by atoms with Gasteiger partial charge >= 0.3 is 0 Å². The van der Waals surface area contributed by atoms with Crippen molar-refractivity contribution in [2.75, 3.05) is 6.54 Å². The fourth-order valence-corrected chi connectivity index (χ4v) is 2.91. The topological polar surface area (TPSA) is 31.9 Å². The standard InChI is InChI=1S/C16H21N3/c1-13-4-6-14(7-5-13)11-15-3-2-10-19(15)12-16-17-8-9-18-16/h4-9,15H,2-3,10-12H2,1H3,(H,17,18)/t15-/m0/s1. The molecule has 1 atom stereocenters. The Bertz CT molecular complexity index is 501. The van der Waals surface area contributed by atoms with Crippen LogP contribution in [0.15, 0.2) is 36.7 Å². The molecule has 0 radical (unpaired) electrons. The average Bonchev–Trinajstić information content (AvgIpc) is 3.06. The van der Waals surface area contributed by atoms with Gasteiger partial charge < -0.3 is 4.98 Å². The summed E-state index contributed by atoms with van der Waals surface area (Å²) < 4.78 is 0. The van der Waals surface area contributed by atoms with E-state index in [1.54, 1.807) is 0 Å². The number of rotatable bonds is 4. The van der Waals surface area contributed by atoms with Gasteiger partial charge in [0.2, 0.25) is 0 Å². The number of nitrogens with one attached hydrogen (secondary N) is 1. The normalized spacial score (nSPS) is 19.9. The molecule has 0 spiro atoms. The van der Waals surface area contributed by atoms with Crippen LogP contribution in [0.4, 0.5) is 0 Å². The summed E-state index contributed by atoms with van der Waals surface area (Å²) in [6, 6.07) is 9.60. The predicted molar refractivity (Wildman–Crippen MR) is 76.9 cm³/mol. The van der Waals surface area contributed by atoms with E-state index in [0.717, 1.165) is 18.8 Å². The fourth-order valence-electron chi connectivity index (χ4n) is 2.91. The van der Waals surface area contributed by atoms with Gasteiger partial charge in [0.1, 0.15) is 5.82 Å². The van der Waals surface area contributed by atoms with Gasteiger partial charge in [-0.2, -0.15) is 0 Å². The molecular formula is C16H21N3. The van der Waals surface area contributed by atoms with Crippen molar-refractivity contribution in [2.45, 2.75) is 38.8 Å². The number of aryl methyl sites for hydroxylation is 1. The summed E-state index contributed by atoms with van der Waals surface area (Å²) in [5.41, 5.74) is 2.78. The van der Waals surface area contributed by atoms with E-state index in [9.17, 15) is 0 Å². The zero-order chi connectivity index (χ0) is 13.1. The smallest absolute Gasteiger partial charge is 0.120 e. The average molecular weight is 255 g/mol. The molecule has 1 N–H and O–H groups in total. The van der Waals surface area contributed by atoms with E-state index < -0.39 is 0 Å². The van der Waals surface area contributed by atoms with Crippen molar-refractivity contribution in [3.05, 3.63) is 53.6 Å².